The second-order valence-electron chi connectivity index (χ2n) is 8.73. The van der Waals surface area contributed by atoms with Gasteiger partial charge in [0.25, 0.3) is 0 Å². The molecule has 0 saturated heterocycles. The average molecular weight is 409 g/mol. The van der Waals surface area contributed by atoms with Gasteiger partial charge < -0.3 is 0 Å². The van der Waals surface area contributed by atoms with Crippen LogP contribution in [0.2, 0.25) is 0 Å². The summed E-state index contributed by atoms with van der Waals surface area (Å²) in [4.78, 5) is 0. The molecule has 0 atom stereocenters. The van der Waals surface area contributed by atoms with Gasteiger partial charge in [-0.2, -0.15) is 0 Å². The monoisotopic (exact) mass is 408 g/mol. The SMILES string of the molecule is Cc1ccc(-c2ccc3cc(-c4c(C)c5ccccc5c5ccccc45)ccc3c2)cc1. The number of hydrogen-bond donors (Lipinski definition) is 0. The molecule has 0 aliphatic heterocycles. The van der Waals surface area contributed by atoms with Crippen LogP contribution in [0.4, 0.5) is 0 Å². The van der Waals surface area contributed by atoms with Crippen molar-refractivity contribution in [3.8, 4) is 22.3 Å². The van der Waals surface area contributed by atoms with E-state index in [0.29, 0.717) is 0 Å². The molecule has 0 nitrogen and oxygen atoms in total. The van der Waals surface area contributed by atoms with E-state index in [0.717, 1.165) is 0 Å². The molecule has 0 spiro atoms. The van der Waals surface area contributed by atoms with Crippen molar-refractivity contribution in [2.45, 2.75) is 13.8 Å². The maximum atomic E-state index is 2.35. The fraction of sp³-hybridized carbons (Fsp3) is 0.0625. The molecule has 6 rings (SSSR count). The lowest BCUT2D eigenvalue weighted by Crippen LogP contribution is -1.90. The van der Waals surface area contributed by atoms with Gasteiger partial charge in [0, 0.05) is 0 Å². The number of benzene rings is 6. The molecular formula is C32H24. The lowest BCUT2D eigenvalue weighted by molar-refractivity contribution is 1.47. The van der Waals surface area contributed by atoms with Crippen LogP contribution in [0, 0.1) is 13.8 Å². The first-order chi connectivity index (χ1) is 15.7. The van der Waals surface area contributed by atoms with Gasteiger partial charge in [0.05, 0.1) is 0 Å². The summed E-state index contributed by atoms with van der Waals surface area (Å²) in [6, 6.07) is 40.0. The predicted molar refractivity (Wildman–Crippen MR) is 139 cm³/mol. The third-order valence-electron chi connectivity index (χ3n) is 6.71. The molecule has 0 amide bonds. The van der Waals surface area contributed by atoms with Crippen LogP contribution in [0.25, 0.3) is 54.6 Å². The lowest BCUT2D eigenvalue weighted by atomic mass is 9.88. The van der Waals surface area contributed by atoms with Crippen LogP contribution in [0.5, 0.6) is 0 Å². The van der Waals surface area contributed by atoms with Gasteiger partial charge in [0.1, 0.15) is 0 Å². The number of rotatable bonds is 2. The van der Waals surface area contributed by atoms with Gasteiger partial charge in [0.2, 0.25) is 0 Å². The molecular weight excluding hydrogens is 384 g/mol. The summed E-state index contributed by atoms with van der Waals surface area (Å²) in [6.45, 7) is 4.39. The highest BCUT2D eigenvalue weighted by Crippen LogP contribution is 2.39. The van der Waals surface area contributed by atoms with Crippen LogP contribution in [-0.4, -0.2) is 0 Å². The first-order valence-corrected chi connectivity index (χ1v) is 11.2. The van der Waals surface area contributed by atoms with Gasteiger partial charge in [-0.15, -0.1) is 0 Å². The Balaban J connectivity index is 1.56. The molecule has 0 aromatic heterocycles. The second-order valence-corrected chi connectivity index (χ2v) is 8.73. The van der Waals surface area contributed by atoms with E-state index in [-0.39, 0.29) is 0 Å². The van der Waals surface area contributed by atoms with E-state index < -0.39 is 0 Å². The average Bonchev–Trinajstić information content (AvgIpc) is 2.84. The molecule has 0 radical (unpaired) electrons. The summed E-state index contributed by atoms with van der Waals surface area (Å²) in [7, 11) is 0. The predicted octanol–water partition coefficient (Wildman–Crippen LogP) is 9.10. The molecule has 152 valence electrons. The van der Waals surface area contributed by atoms with Gasteiger partial charge in [-0.3, -0.25) is 0 Å². The van der Waals surface area contributed by atoms with E-state index in [1.807, 2.05) is 0 Å². The van der Waals surface area contributed by atoms with Crippen LogP contribution in [-0.2, 0) is 0 Å². The van der Waals surface area contributed by atoms with E-state index in [2.05, 4.69) is 123 Å². The zero-order chi connectivity index (χ0) is 21.7. The molecule has 0 aliphatic rings. The topological polar surface area (TPSA) is 0 Å². The van der Waals surface area contributed by atoms with E-state index >= 15 is 0 Å². The Hall–Kier alpha value is -3.90. The zero-order valence-corrected chi connectivity index (χ0v) is 18.4. The molecule has 0 N–H and O–H groups in total. The molecule has 0 saturated carbocycles. The van der Waals surface area contributed by atoms with E-state index in [4.69, 9.17) is 0 Å². The maximum Gasteiger partial charge on any atom is -0.00695 e. The zero-order valence-electron chi connectivity index (χ0n) is 18.4. The number of hydrogen-bond acceptors (Lipinski definition) is 0. The molecule has 32 heavy (non-hydrogen) atoms. The normalized spacial score (nSPS) is 11.4. The maximum absolute atomic E-state index is 2.35. The first kappa shape index (κ1) is 18.8. The highest BCUT2D eigenvalue weighted by atomic mass is 14.2. The van der Waals surface area contributed by atoms with E-state index in [1.54, 1.807) is 0 Å². The van der Waals surface area contributed by atoms with Gasteiger partial charge in [-0.05, 0) is 86.1 Å². The summed E-state index contributed by atoms with van der Waals surface area (Å²) < 4.78 is 0. The largest absolute Gasteiger partial charge is 0.0616 e. The third kappa shape index (κ3) is 2.99. The van der Waals surface area contributed by atoms with Crippen LogP contribution < -0.4 is 0 Å². The smallest absolute Gasteiger partial charge is 0.00695 e. The minimum Gasteiger partial charge on any atom is -0.0616 e. The standard InChI is InChI=1S/C32H24/c1-21-11-13-23(14-12-21)24-15-16-26-20-27(18-17-25(26)19-24)32-22(2)28-7-3-4-8-29(28)30-9-5-6-10-31(30)32/h3-20H,1-2H3. The van der Waals surface area contributed by atoms with Crippen molar-refractivity contribution in [2.24, 2.45) is 0 Å². The van der Waals surface area contributed by atoms with Crippen molar-refractivity contribution in [2.75, 3.05) is 0 Å². The molecule has 6 aromatic carbocycles. The Morgan fingerprint density at radius 3 is 1.59 bits per heavy atom. The van der Waals surface area contributed by atoms with Gasteiger partial charge in [-0.25, -0.2) is 0 Å². The summed E-state index contributed by atoms with van der Waals surface area (Å²) in [6.07, 6.45) is 0. The molecule has 6 aromatic rings. The lowest BCUT2D eigenvalue weighted by Gasteiger charge is -2.16. The Kier molecular flexibility index (Phi) is 4.33. The number of fused-ring (bicyclic) bond motifs is 4. The van der Waals surface area contributed by atoms with Crippen LogP contribution in [0.3, 0.4) is 0 Å². The number of aryl methyl sites for hydroxylation is 2. The molecule has 0 unspecified atom stereocenters. The minimum atomic E-state index is 1.26. The van der Waals surface area contributed by atoms with Crippen molar-refractivity contribution < 1.29 is 0 Å². The highest BCUT2D eigenvalue weighted by Gasteiger charge is 2.13. The van der Waals surface area contributed by atoms with Gasteiger partial charge in [0.15, 0.2) is 0 Å². The fourth-order valence-electron chi connectivity index (χ4n) is 5.02. The van der Waals surface area contributed by atoms with Crippen molar-refractivity contribution in [3.05, 3.63) is 120 Å². The third-order valence-corrected chi connectivity index (χ3v) is 6.71. The Morgan fingerprint density at radius 2 is 0.906 bits per heavy atom. The van der Waals surface area contributed by atoms with Crippen molar-refractivity contribution in [1.29, 1.82) is 0 Å². The molecule has 0 bridgehead atoms. The van der Waals surface area contributed by atoms with E-state index in [9.17, 15) is 0 Å². The van der Waals surface area contributed by atoms with Crippen molar-refractivity contribution >= 4 is 32.3 Å². The van der Waals surface area contributed by atoms with Crippen LogP contribution in [0.1, 0.15) is 11.1 Å². The fourth-order valence-corrected chi connectivity index (χ4v) is 5.02. The highest BCUT2D eigenvalue weighted by molar-refractivity contribution is 6.16. The van der Waals surface area contributed by atoms with Gasteiger partial charge >= 0.3 is 0 Å². The Labute approximate surface area is 188 Å². The van der Waals surface area contributed by atoms with Crippen molar-refractivity contribution in [1.82, 2.24) is 0 Å². The molecule has 0 aliphatic carbocycles. The first-order valence-electron chi connectivity index (χ1n) is 11.2. The second kappa shape index (κ2) is 7.35. The molecule has 0 heteroatoms. The van der Waals surface area contributed by atoms with Crippen molar-refractivity contribution in [3.63, 3.8) is 0 Å². The Morgan fingerprint density at radius 1 is 0.406 bits per heavy atom. The Bertz CT molecular complexity index is 1620. The quantitative estimate of drug-likeness (QED) is 0.251. The van der Waals surface area contributed by atoms with Gasteiger partial charge in [-0.1, -0.05) is 103 Å². The minimum absolute atomic E-state index is 1.26. The van der Waals surface area contributed by atoms with Crippen LogP contribution in [0.15, 0.2) is 109 Å². The van der Waals surface area contributed by atoms with Crippen LogP contribution >= 0.6 is 0 Å². The molecule has 0 fully saturated rings. The summed E-state index contributed by atoms with van der Waals surface area (Å²) in [5.74, 6) is 0. The molecule has 0 heterocycles. The van der Waals surface area contributed by atoms with E-state index in [1.165, 1.54) is 65.7 Å². The summed E-state index contributed by atoms with van der Waals surface area (Å²) in [5.41, 5.74) is 7.77. The summed E-state index contributed by atoms with van der Waals surface area (Å²) >= 11 is 0. The summed E-state index contributed by atoms with van der Waals surface area (Å²) in [5, 5.41) is 7.84.